The van der Waals surface area contributed by atoms with E-state index in [-0.39, 0.29) is 18.8 Å². The second-order valence-corrected chi connectivity index (χ2v) is 9.18. The summed E-state index contributed by atoms with van der Waals surface area (Å²) in [5.74, 6) is 1.04. The summed E-state index contributed by atoms with van der Waals surface area (Å²) in [6, 6.07) is 6.51. The molecular weight excluding hydrogens is 481 g/mol. The van der Waals surface area contributed by atoms with Crippen molar-refractivity contribution >= 4 is 37.6 Å². The number of carbonyl (C=O) groups is 1. The summed E-state index contributed by atoms with van der Waals surface area (Å²) in [6.07, 6.45) is 4.37. The molecule has 0 radical (unpaired) electrons. The van der Waals surface area contributed by atoms with Crippen LogP contribution in [0.25, 0.3) is 11.2 Å². The van der Waals surface area contributed by atoms with Crippen LogP contribution >= 0.6 is 20.1 Å². The summed E-state index contributed by atoms with van der Waals surface area (Å²) in [5, 5.41) is 3.65. The Morgan fingerprint density at radius 3 is 2.65 bits per heavy atom. The average Bonchev–Trinajstić information content (AvgIpc) is 3.28. The van der Waals surface area contributed by atoms with Gasteiger partial charge in [-0.25, -0.2) is 15.1 Å². The molecule has 1 N–H and O–H groups in total. The molecule has 34 heavy (non-hydrogen) atoms. The van der Waals surface area contributed by atoms with Gasteiger partial charge in [-0.15, -0.1) is 0 Å². The number of nitrogens with zero attached hydrogens (tertiary/aromatic N) is 4. The Kier molecular flexibility index (Phi) is 9.98. The van der Waals surface area contributed by atoms with Crippen LogP contribution in [-0.4, -0.2) is 58.3 Å². The minimum Gasteiger partial charge on any atom is -0.476 e. The number of imidazole rings is 1. The van der Waals surface area contributed by atoms with Crippen LogP contribution in [-0.2, 0) is 14.1 Å². The number of methoxy groups -OCH3 is 1. The highest BCUT2D eigenvalue weighted by Crippen LogP contribution is 2.37. The summed E-state index contributed by atoms with van der Waals surface area (Å²) in [7, 11) is 0.0333. The molecule has 3 rings (SSSR count). The molecule has 0 fully saturated rings. The summed E-state index contributed by atoms with van der Waals surface area (Å²) < 4.78 is 25.1. The van der Waals surface area contributed by atoms with E-state index < -0.39 is 14.6 Å². The highest BCUT2D eigenvalue weighted by molar-refractivity contribution is 7.45. The molecule has 2 heterocycles. The van der Waals surface area contributed by atoms with Gasteiger partial charge in [-0.05, 0) is 51.5 Å². The summed E-state index contributed by atoms with van der Waals surface area (Å²) in [6.45, 7) is 6.43. The van der Waals surface area contributed by atoms with E-state index in [9.17, 15) is 4.79 Å². The lowest BCUT2D eigenvalue weighted by atomic mass is 10.1. The highest BCUT2D eigenvalue weighted by Gasteiger charge is 2.22. The van der Waals surface area contributed by atoms with Crippen LogP contribution in [0.4, 0.5) is 0 Å². The average molecular weight is 510 g/mol. The first-order valence-corrected chi connectivity index (χ1v) is 12.4. The Morgan fingerprint density at radius 2 is 1.97 bits per heavy atom. The Bertz CT molecular complexity index is 1050. The van der Waals surface area contributed by atoms with Gasteiger partial charge < -0.3 is 27.9 Å². The van der Waals surface area contributed by atoms with E-state index in [0.717, 1.165) is 6.29 Å². The zero-order valence-electron chi connectivity index (χ0n) is 19.6. The molecule has 0 spiro atoms. The molecule has 0 aliphatic rings. The summed E-state index contributed by atoms with van der Waals surface area (Å²) in [5.41, 5.74) is 1.31. The fraction of sp³-hybridized carbons (Fsp3) is 0.455. The van der Waals surface area contributed by atoms with Crippen molar-refractivity contribution in [3.05, 3.63) is 41.9 Å². The Morgan fingerprint density at radius 1 is 1.21 bits per heavy atom. The number of benzene rings is 1. The third kappa shape index (κ3) is 7.07. The molecule has 184 valence electrons. The van der Waals surface area contributed by atoms with Gasteiger partial charge in [0, 0.05) is 18.2 Å². The fourth-order valence-electron chi connectivity index (χ4n) is 3.15. The molecule has 3 aromatic rings. The van der Waals surface area contributed by atoms with Crippen LogP contribution < -0.4 is 14.3 Å². The third-order valence-corrected chi connectivity index (χ3v) is 6.54. The van der Waals surface area contributed by atoms with Crippen molar-refractivity contribution in [1.29, 1.82) is 0 Å². The number of fused-ring (bicyclic) bond motifs is 1. The zero-order chi connectivity index (χ0) is 24.5. The van der Waals surface area contributed by atoms with Crippen LogP contribution in [0.5, 0.6) is 11.6 Å². The second kappa shape index (κ2) is 12.9. The molecule has 2 aromatic heterocycles. The molecular formula is C22H29ClN5O5P. The van der Waals surface area contributed by atoms with Gasteiger partial charge >= 0.3 is 8.53 Å². The largest absolute Gasteiger partial charge is 0.476 e. The van der Waals surface area contributed by atoms with Crippen molar-refractivity contribution in [3.63, 3.8) is 0 Å². The molecule has 10 nitrogen and oxygen atoms in total. The molecule has 0 saturated carbocycles. The van der Waals surface area contributed by atoms with Crippen molar-refractivity contribution < 1.29 is 23.3 Å². The Balaban J connectivity index is 1.65. The molecule has 4 unspecified atom stereocenters. The van der Waals surface area contributed by atoms with Gasteiger partial charge in [0.05, 0.1) is 31.7 Å². The van der Waals surface area contributed by atoms with E-state index in [2.05, 4.69) is 27.0 Å². The Hall–Kier alpha value is -2.36. The van der Waals surface area contributed by atoms with Crippen molar-refractivity contribution in [1.82, 2.24) is 24.6 Å². The number of rotatable bonds is 14. The van der Waals surface area contributed by atoms with Crippen LogP contribution in [0, 0.1) is 0 Å². The van der Waals surface area contributed by atoms with Crippen LogP contribution in [0.1, 0.15) is 33.2 Å². The predicted molar refractivity (Wildman–Crippen MR) is 130 cm³/mol. The van der Waals surface area contributed by atoms with E-state index >= 15 is 0 Å². The van der Waals surface area contributed by atoms with Crippen LogP contribution in [0.3, 0.4) is 0 Å². The maximum atomic E-state index is 11.1. The van der Waals surface area contributed by atoms with Gasteiger partial charge in [0.2, 0.25) is 5.88 Å². The predicted octanol–water partition coefficient (Wildman–Crippen LogP) is 4.34. The first kappa shape index (κ1) is 26.2. The number of ether oxygens (including phenoxy) is 2. The van der Waals surface area contributed by atoms with E-state index in [4.69, 9.17) is 30.1 Å². The SMILES string of the molecule is CCOc1ncnc2c1ncn2C(C)CC(COP(NC(C)C=O)Oc1ccc(Cl)cc1)OC. The third-order valence-electron chi connectivity index (χ3n) is 4.91. The minimum absolute atomic E-state index is 0.00759. The molecule has 4 atom stereocenters. The van der Waals surface area contributed by atoms with Crippen molar-refractivity contribution in [3.8, 4) is 11.6 Å². The first-order chi connectivity index (χ1) is 16.4. The van der Waals surface area contributed by atoms with Crippen LogP contribution in [0.15, 0.2) is 36.9 Å². The molecule has 0 aliphatic heterocycles. The number of aromatic nitrogens is 4. The number of hydrogen-bond donors (Lipinski definition) is 1. The standard InChI is InChI=1S/C22H29ClN5O5P/c1-5-31-22-20-21(24-13-25-22)28(14-26-20)16(3)10-19(30-4)12-32-34(27-15(2)11-29)33-18-8-6-17(23)7-9-18/h6-9,11,13-16,19,27H,5,10,12H2,1-4H3. The molecule has 0 aliphatic carbocycles. The maximum absolute atomic E-state index is 11.1. The molecule has 12 heteroatoms. The van der Waals surface area contributed by atoms with E-state index in [1.54, 1.807) is 44.6 Å². The topological polar surface area (TPSA) is 110 Å². The van der Waals surface area contributed by atoms with Gasteiger partial charge in [0.15, 0.2) is 11.2 Å². The van der Waals surface area contributed by atoms with Gasteiger partial charge in [-0.1, -0.05) is 11.6 Å². The lowest BCUT2D eigenvalue weighted by molar-refractivity contribution is -0.108. The van der Waals surface area contributed by atoms with Gasteiger partial charge in [-0.3, -0.25) is 0 Å². The van der Waals surface area contributed by atoms with Crippen LogP contribution in [0.2, 0.25) is 5.02 Å². The fourth-order valence-corrected chi connectivity index (χ4v) is 4.46. The smallest absolute Gasteiger partial charge is 0.318 e. The number of hydrogen-bond acceptors (Lipinski definition) is 9. The van der Waals surface area contributed by atoms with Gasteiger partial charge in [0.1, 0.15) is 18.4 Å². The first-order valence-electron chi connectivity index (χ1n) is 10.9. The quantitative estimate of drug-likeness (QED) is 0.250. The monoisotopic (exact) mass is 509 g/mol. The van der Waals surface area contributed by atoms with Crippen molar-refractivity contribution in [2.24, 2.45) is 0 Å². The van der Waals surface area contributed by atoms with Crippen molar-refractivity contribution in [2.75, 3.05) is 20.3 Å². The normalized spacial score (nSPS) is 15.0. The number of aldehydes is 1. The highest BCUT2D eigenvalue weighted by atomic mass is 35.5. The molecule has 0 bridgehead atoms. The number of halogens is 1. The minimum atomic E-state index is -1.60. The number of carbonyl (C=O) groups excluding carboxylic acids is 1. The van der Waals surface area contributed by atoms with E-state index in [0.29, 0.717) is 40.8 Å². The molecule has 1 aromatic carbocycles. The molecule has 0 amide bonds. The van der Waals surface area contributed by atoms with Gasteiger partial charge in [0.25, 0.3) is 0 Å². The summed E-state index contributed by atoms with van der Waals surface area (Å²) >= 11 is 5.95. The molecule has 0 saturated heterocycles. The second-order valence-electron chi connectivity index (χ2n) is 7.53. The number of nitrogens with one attached hydrogen (secondary N) is 1. The Labute approximate surface area is 204 Å². The van der Waals surface area contributed by atoms with E-state index in [1.165, 1.54) is 6.33 Å². The van der Waals surface area contributed by atoms with E-state index in [1.807, 2.05) is 11.5 Å². The lowest BCUT2D eigenvalue weighted by Crippen LogP contribution is -2.28. The lowest BCUT2D eigenvalue weighted by Gasteiger charge is -2.24. The van der Waals surface area contributed by atoms with Gasteiger partial charge in [-0.2, -0.15) is 4.98 Å². The maximum Gasteiger partial charge on any atom is 0.318 e. The zero-order valence-corrected chi connectivity index (χ0v) is 21.2. The van der Waals surface area contributed by atoms with Crippen molar-refractivity contribution in [2.45, 2.75) is 45.4 Å². The summed E-state index contributed by atoms with van der Waals surface area (Å²) in [4.78, 5) is 24.1.